The zero-order valence-electron chi connectivity index (χ0n) is 6.46. The average molecular weight is 191 g/mol. The molecule has 0 aromatic rings. The van der Waals surface area contributed by atoms with Crippen LogP contribution in [0.15, 0.2) is 0 Å². The zero-order valence-corrected chi connectivity index (χ0v) is 6.46. The Morgan fingerprint density at radius 2 is 1.58 bits per heavy atom. The molecule has 0 radical (unpaired) electrons. The number of halogens is 5. The van der Waals surface area contributed by atoms with Crippen molar-refractivity contribution in [2.75, 3.05) is 6.54 Å². The Balaban J connectivity index is 4.57. The van der Waals surface area contributed by atoms with Crippen LogP contribution < -0.4 is 5.73 Å². The standard InChI is InChI=1S/C6H10F5N/c1-2-4(3-12)5(7,8)6(9,10)11/h4H,2-3,12H2,1H3. The molecule has 0 fully saturated rings. The molecule has 0 aliphatic heterocycles. The first-order valence-electron chi connectivity index (χ1n) is 3.42. The lowest BCUT2D eigenvalue weighted by Gasteiger charge is -2.26. The van der Waals surface area contributed by atoms with Crippen LogP contribution in [-0.2, 0) is 0 Å². The second-order valence-electron chi connectivity index (χ2n) is 2.46. The lowest BCUT2D eigenvalue weighted by Crippen LogP contribution is -2.46. The summed E-state index contributed by atoms with van der Waals surface area (Å²) in [4.78, 5) is 0. The van der Waals surface area contributed by atoms with Gasteiger partial charge in [0.05, 0.1) is 0 Å². The Morgan fingerprint density at radius 1 is 1.17 bits per heavy atom. The van der Waals surface area contributed by atoms with Gasteiger partial charge < -0.3 is 5.73 Å². The SMILES string of the molecule is CCC(CN)C(F)(F)C(F)(F)F. The van der Waals surface area contributed by atoms with Crippen molar-refractivity contribution in [1.82, 2.24) is 0 Å². The Kier molecular flexibility index (Phi) is 3.44. The third kappa shape index (κ3) is 2.06. The molecule has 74 valence electrons. The molecule has 0 aliphatic rings. The van der Waals surface area contributed by atoms with Gasteiger partial charge in [-0.05, 0) is 6.42 Å². The molecule has 0 bridgehead atoms. The van der Waals surface area contributed by atoms with E-state index in [0.29, 0.717) is 0 Å². The summed E-state index contributed by atoms with van der Waals surface area (Å²) in [6.07, 6.45) is -5.78. The van der Waals surface area contributed by atoms with Gasteiger partial charge in [0.25, 0.3) is 0 Å². The number of rotatable bonds is 3. The van der Waals surface area contributed by atoms with Crippen LogP contribution in [0.1, 0.15) is 13.3 Å². The van der Waals surface area contributed by atoms with Crippen LogP contribution in [0.3, 0.4) is 0 Å². The fourth-order valence-corrected chi connectivity index (χ4v) is 0.802. The van der Waals surface area contributed by atoms with Crippen molar-refractivity contribution in [2.24, 2.45) is 11.7 Å². The maximum atomic E-state index is 12.4. The number of hydrogen-bond donors (Lipinski definition) is 1. The summed E-state index contributed by atoms with van der Waals surface area (Å²) in [6.45, 7) is 0.584. The summed E-state index contributed by atoms with van der Waals surface area (Å²) >= 11 is 0. The van der Waals surface area contributed by atoms with E-state index in [1.54, 1.807) is 0 Å². The summed E-state index contributed by atoms with van der Waals surface area (Å²) in [6, 6.07) is 0. The summed E-state index contributed by atoms with van der Waals surface area (Å²) in [5.41, 5.74) is 4.79. The van der Waals surface area contributed by atoms with E-state index >= 15 is 0 Å². The quantitative estimate of drug-likeness (QED) is 0.679. The summed E-state index contributed by atoms with van der Waals surface area (Å²) in [7, 11) is 0. The largest absolute Gasteiger partial charge is 0.453 e. The van der Waals surface area contributed by atoms with Crippen molar-refractivity contribution in [3.05, 3.63) is 0 Å². The maximum Gasteiger partial charge on any atom is 0.453 e. The Hall–Kier alpha value is -0.390. The summed E-state index contributed by atoms with van der Waals surface area (Å²) in [5.74, 6) is -6.49. The fraction of sp³-hybridized carbons (Fsp3) is 1.00. The van der Waals surface area contributed by atoms with Gasteiger partial charge in [-0.3, -0.25) is 0 Å². The normalized spacial score (nSPS) is 16.2. The highest BCUT2D eigenvalue weighted by atomic mass is 19.4. The molecule has 1 nitrogen and oxygen atoms in total. The summed E-state index contributed by atoms with van der Waals surface area (Å²) in [5, 5.41) is 0. The fourth-order valence-electron chi connectivity index (χ4n) is 0.802. The van der Waals surface area contributed by atoms with Gasteiger partial charge in [-0.1, -0.05) is 6.92 Å². The van der Waals surface area contributed by atoms with E-state index in [0.717, 1.165) is 0 Å². The van der Waals surface area contributed by atoms with E-state index in [4.69, 9.17) is 5.73 Å². The lowest BCUT2D eigenvalue weighted by atomic mass is 9.98. The topological polar surface area (TPSA) is 26.0 Å². The molecule has 0 rings (SSSR count). The minimum Gasteiger partial charge on any atom is -0.330 e. The van der Waals surface area contributed by atoms with Crippen molar-refractivity contribution in [1.29, 1.82) is 0 Å². The number of alkyl halides is 5. The highest BCUT2D eigenvalue weighted by Gasteiger charge is 2.60. The Labute approximate surface area is 66.7 Å². The van der Waals surface area contributed by atoms with Crippen molar-refractivity contribution in [2.45, 2.75) is 25.4 Å². The molecule has 0 amide bonds. The van der Waals surface area contributed by atoms with Crippen LogP contribution in [0.2, 0.25) is 0 Å². The second-order valence-corrected chi connectivity index (χ2v) is 2.46. The molecular formula is C6H10F5N. The van der Waals surface area contributed by atoms with Crippen LogP contribution in [0.25, 0.3) is 0 Å². The number of nitrogens with two attached hydrogens (primary N) is 1. The van der Waals surface area contributed by atoms with Crippen molar-refractivity contribution >= 4 is 0 Å². The molecule has 0 spiro atoms. The second kappa shape index (κ2) is 3.55. The highest BCUT2D eigenvalue weighted by Crippen LogP contribution is 2.41. The maximum absolute atomic E-state index is 12.4. The van der Waals surface area contributed by atoms with Crippen LogP contribution in [0, 0.1) is 5.92 Å². The first kappa shape index (κ1) is 11.6. The Morgan fingerprint density at radius 3 is 1.67 bits per heavy atom. The van der Waals surface area contributed by atoms with E-state index in [2.05, 4.69) is 0 Å². The first-order chi connectivity index (χ1) is 5.27. The third-order valence-corrected chi connectivity index (χ3v) is 1.67. The van der Waals surface area contributed by atoms with Crippen molar-refractivity contribution in [3.63, 3.8) is 0 Å². The molecule has 1 unspecified atom stereocenters. The van der Waals surface area contributed by atoms with Crippen LogP contribution in [0.4, 0.5) is 22.0 Å². The Bertz CT molecular complexity index is 137. The molecule has 12 heavy (non-hydrogen) atoms. The molecule has 1 atom stereocenters. The monoisotopic (exact) mass is 191 g/mol. The van der Waals surface area contributed by atoms with E-state index in [1.807, 2.05) is 0 Å². The van der Waals surface area contributed by atoms with E-state index in [-0.39, 0.29) is 6.42 Å². The smallest absolute Gasteiger partial charge is 0.330 e. The third-order valence-electron chi connectivity index (χ3n) is 1.67. The molecule has 0 aromatic carbocycles. The van der Waals surface area contributed by atoms with Gasteiger partial charge in [-0.25, -0.2) is 0 Å². The first-order valence-corrected chi connectivity index (χ1v) is 3.42. The lowest BCUT2D eigenvalue weighted by molar-refractivity contribution is -0.301. The summed E-state index contributed by atoms with van der Waals surface area (Å²) < 4.78 is 59.7. The van der Waals surface area contributed by atoms with Gasteiger partial charge in [0, 0.05) is 12.5 Å². The molecule has 0 saturated carbocycles. The predicted molar refractivity (Wildman–Crippen MR) is 33.8 cm³/mol. The van der Waals surface area contributed by atoms with Crippen LogP contribution >= 0.6 is 0 Å². The molecular weight excluding hydrogens is 181 g/mol. The predicted octanol–water partition coefficient (Wildman–Crippen LogP) is 2.17. The molecule has 6 heteroatoms. The molecule has 0 aromatic heterocycles. The van der Waals surface area contributed by atoms with Gasteiger partial charge in [0.15, 0.2) is 0 Å². The van der Waals surface area contributed by atoms with E-state index in [9.17, 15) is 22.0 Å². The van der Waals surface area contributed by atoms with Crippen LogP contribution in [0.5, 0.6) is 0 Å². The minimum absolute atomic E-state index is 0.289. The molecule has 0 saturated heterocycles. The molecule has 0 heterocycles. The van der Waals surface area contributed by atoms with E-state index in [1.165, 1.54) is 6.92 Å². The van der Waals surface area contributed by atoms with Crippen LogP contribution in [-0.4, -0.2) is 18.6 Å². The van der Waals surface area contributed by atoms with Gasteiger partial charge >= 0.3 is 12.1 Å². The molecule has 2 N–H and O–H groups in total. The van der Waals surface area contributed by atoms with E-state index < -0.39 is 24.6 Å². The van der Waals surface area contributed by atoms with Gasteiger partial charge in [-0.2, -0.15) is 22.0 Å². The number of hydrogen-bond acceptors (Lipinski definition) is 1. The van der Waals surface area contributed by atoms with Gasteiger partial charge in [0.1, 0.15) is 0 Å². The molecule has 0 aliphatic carbocycles. The van der Waals surface area contributed by atoms with Crippen molar-refractivity contribution in [3.8, 4) is 0 Å². The van der Waals surface area contributed by atoms with Gasteiger partial charge in [-0.15, -0.1) is 0 Å². The zero-order chi connectivity index (χ0) is 9.99. The van der Waals surface area contributed by atoms with Gasteiger partial charge in [0.2, 0.25) is 0 Å². The highest BCUT2D eigenvalue weighted by molar-refractivity contribution is 4.83. The average Bonchev–Trinajstić information content (AvgIpc) is 1.87. The minimum atomic E-state index is -5.49. The van der Waals surface area contributed by atoms with Crippen molar-refractivity contribution < 1.29 is 22.0 Å².